The fourth-order valence-corrected chi connectivity index (χ4v) is 2.00. The summed E-state index contributed by atoms with van der Waals surface area (Å²) in [4.78, 5) is 27.6. The van der Waals surface area contributed by atoms with Gasteiger partial charge < -0.3 is 4.90 Å². The number of azide groups is 1. The van der Waals surface area contributed by atoms with E-state index >= 15 is 0 Å². The highest BCUT2D eigenvalue weighted by molar-refractivity contribution is 6.03. The lowest BCUT2D eigenvalue weighted by atomic mass is 10.0. The lowest BCUT2D eigenvalue weighted by Crippen LogP contribution is -2.40. The van der Waals surface area contributed by atoms with Crippen molar-refractivity contribution >= 4 is 17.4 Å². The molecule has 0 fully saturated rings. The first kappa shape index (κ1) is 12.1. The van der Waals surface area contributed by atoms with Gasteiger partial charge in [0.2, 0.25) is 5.91 Å². The number of para-hydroxylation sites is 1. The summed E-state index contributed by atoms with van der Waals surface area (Å²) in [5, 5.41) is 3.33. The normalized spacial score (nSPS) is 13.8. The van der Waals surface area contributed by atoms with Gasteiger partial charge in [0, 0.05) is 30.0 Å². The molecular formula is C12H12N4O2. The molecule has 1 aromatic carbocycles. The number of amides is 1. The van der Waals surface area contributed by atoms with Crippen LogP contribution in [0.25, 0.3) is 10.4 Å². The van der Waals surface area contributed by atoms with Crippen molar-refractivity contribution in [3.05, 3.63) is 40.3 Å². The molecule has 18 heavy (non-hydrogen) atoms. The van der Waals surface area contributed by atoms with Crippen molar-refractivity contribution in [1.82, 2.24) is 0 Å². The van der Waals surface area contributed by atoms with E-state index in [9.17, 15) is 9.59 Å². The summed E-state index contributed by atoms with van der Waals surface area (Å²) >= 11 is 0. The molecule has 92 valence electrons. The van der Waals surface area contributed by atoms with Crippen LogP contribution in [-0.2, 0) is 16.0 Å². The maximum absolute atomic E-state index is 12.0. The zero-order chi connectivity index (χ0) is 13.0. The lowest BCUT2D eigenvalue weighted by Gasteiger charge is -2.28. The average Bonchev–Trinajstić information content (AvgIpc) is 2.38. The molecule has 1 heterocycles. The van der Waals surface area contributed by atoms with Crippen LogP contribution in [0, 0.1) is 0 Å². The van der Waals surface area contributed by atoms with E-state index in [-0.39, 0.29) is 31.2 Å². The van der Waals surface area contributed by atoms with Crippen molar-refractivity contribution in [2.45, 2.75) is 12.8 Å². The molecule has 0 aromatic heterocycles. The van der Waals surface area contributed by atoms with Crippen LogP contribution in [-0.4, -0.2) is 24.8 Å². The van der Waals surface area contributed by atoms with Gasteiger partial charge in [0.15, 0.2) is 5.78 Å². The minimum absolute atomic E-state index is 0.0193. The number of carbonyl (C=O) groups excluding carboxylic acids is 2. The van der Waals surface area contributed by atoms with Crippen molar-refractivity contribution in [2.24, 2.45) is 5.11 Å². The van der Waals surface area contributed by atoms with E-state index in [1.165, 1.54) is 4.90 Å². The summed E-state index contributed by atoms with van der Waals surface area (Å²) in [6.07, 6.45) is 0.488. The van der Waals surface area contributed by atoms with Crippen molar-refractivity contribution in [3.8, 4) is 0 Å². The van der Waals surface area contributed by atoms with E-state index in [1.54, 1.807) is 0 Å². The van der Waals surface area contributed by atoms with Gasteiger partial charge in [-0.2, -0.15) is 0 Å². The second-order valence-electron chi connectivity index (χ2n) is 4.03. The van der Waals surface area contributed by atoms with Crippen molar-refractivity contribution in [2.75, 3.05) is 18.0 Å². The number of nitrogens with zero attached hydrogens (tertiary/aromatic N) is 4. The van der Waals surface area contributed by atoms with Crippen LogP contribution in [0.3, 0.4) is 0 Å². The van der Waals surface area contributed by atoms with Gasteiger partial charge in [-0.05, 0) is 17.2 Å². The second kappa shape index (κ2) is 5.33. The van der Waals surface area contributed by atoms with Crippen LogP contribution < -0.4 is 4.90 Å². The number of Topliss-reactive ketones (excluding diaryl/α,β-unsaturated/α-hetero) is 1. The number of rotatable bonds is 3. The van der Waals surface area contributed by atoms with Crippen LogP contribution in [0.15, 0.2) is 29.4 Å². The third-order valence-corrected chi connectivity index (χ3v) is 2.79. The number of hydrogen-bond donors (Lipinski definition) is 0. The predicted octanol–water partition coefficient (Wildman–Crippen LogP) is 1.85. The number of fused-ring (bicyclic) bond motifs is 1. The lowest BCUT2D eigenvalue weighted by molar-refractivity contribution is -0.122. The Balaban J connectivity index is 2.20. The molecule has 6 nitrogen and oxygen atoms in total. The summed E-state index contributed by atoms with van der Waals surface area (Å²) in [6.45, 7) is 0.217. The fourth-order valence-electron chi connectivity index (χ4n) is 2.00. The Morgan fingerprint density at radius 1 is 1.44 bits per heavy atom. The van der Waals surface area contributed by atoms with Gasteiger partial charge in [-0.3, -0.25) is 9.59 Å². The molecule has 1 aromatic rings. The molecule has 0 atom stereocenters. The molecule has 6 heteroatoms. The molecule has 0 unspecified atom stereocenters. The van der Waals surface area contributed by atoms with Gasteiger partial charge in [-0.15, -0.1) is 0 Å². The van der Waals surface area contributed by atoms with Crippen LogP contribution in [0.5, 0.6) is 0 Å². The molecule has 0 N–H and O–H groups in total. The number of hydrogen-bond acceptors (Lipinski definition) is 3. The summed E-state index contributed by atoms with van der Waals surface area (Å²) in [6, 6.07) is 7.36. The van der Waals surface area contributed by atoms with Gasteiger partial charge in [0.25, 0.3) is 0 Å². The monoisotopic (exact) mass is 244 g/mol. The molecule has 2 rings (SSSR count). The summed E-state index contributed by atoms with van der Waals surface area (Å²) in [5.41, 5.74) is 9.82. The molecule has 0 spiro atoms. The number of benzene rings is 1. The van der Waals surface area contributed by atoms with Crippen molar-refractivity contribution in [3.63, 3.8) is 0 Å². The van der Waals surface area contributed by atoms with Gasteiger partial charge in [0.1, 0.15) is 0 Å². The van der Waals surface area contributed by atoms with Crippen LogP contribution in [0.2, 0.25) is 0 Å². The Morgan fingerprint density at radius 2 is 2.22 bits per heavy atom. The third kappa shape index (κ3) is 2.49. The Kier molecular flexibility index (Phi) is 3.60. The second-order valence-corrected chi connectivity index (χ2v) is 4.03. The standard InChI is InChI=1S/C12H12N4O2/c13-15-14-6-5-12(18)16-8-10(17)7-9-3-1-2-4-11(9)16/h1-4H,5-8H2. The number of carbonyl (C=O) groups is 2. The van der Waals surface area contributed by atoms with E-state index in [0.717, 1.165) is 11.3 Å². The molecule has 0 aliphatic carbocycles. The van der Waals surface area contributed by atoms with Gasteiger partial charge >= 0.3 is 0 Å². The van der Waals surface area contributed by atoms with E-state index in [4.69, 9.17) is 5.53 Å². The van der Waals surface area contributed by atoms with Crippen LogP contribution in [0.1, 0.15) is 12.0 Å². The van der Waals surface area contributed by atoms with Gasteiger partial charge in [-0.25, -0.2) is 0 Å². The molecule has 1 aliphatic heterocycles. The first-order valence-electron chi connectivity index (χ1n) is 5.63. The maximum atomic E-state index is 12.0. The predicted molar refractivity (Wildman–Crippen MR) is 66.1 cm³/mol. The average molecular weight is 244 g/mol. The Labute approximate surface area is 104 Å². The van der Waals surface area contributed by atoms with E-state index in [2.05, 4.69) is 10.0 Å². The number of ketones is 1. The Morgan fingerprint density at radius 3 is 3.00 bits per heavy atom. The zero-order valence-corrected chi connectivity index (χ0v) is 9.74. The smallest absolute Gasteiger partial charge is 0.227 e. The van der Waals surface area contributed by atoms with Gasteiger partial charge in [0.05, 0.1) is 6.54 Å². The number of anilines is 1. The summed E-state index contributed by atoms with van der Waals surface area (Å²) in [7, 11) is 0. The third-order valence-electron chi connectivity index (χ3n) is 2.79. The Hall–Kier alpha value is -2.33. The van der Waals surface area contributed by atoms with Gasteiger partial charge in [-0.1, -0.05) is 23.3 Å². The first-order valence-corrected chi connectivity index (χ1v) is 5.63. The molecule has 1 aliphatic rings. The largest absolute Gasteiger partial charge is 0.305 e. The van der Waals surface area contributed by atoms with Crippen molar-refractivity contribution < 1.29 is 9.59 Å². The Bertz CT molecular complexity index is 535. The zero-order valence-electron chi connectivity index (χ0n) is 9.74. The molecule has 0 bridgehead atoms. The molecule has 0 radical (unpaired) electrons. The van der Waals surface area contributed by atoms with Crippen LogP contribution in [0.4, 0.5) is 5.69 Å². The van der Waals surface area contributed by atoms with E-state index < -0.39 is 0 Å². The topological polar surface area (TPSA) is 86.1 Å². The highest BCUT2D eigenvalue weighted by Crippen LogP contribution is 2.25. The first-order chi connectivity index (χ1) is 8.72. The minimum atomic E-state index is -0.192. The maximum Gasteiger partial charge on any atom is 0.227 e. The fraction of sp³-hybridized carbons (Fsp3) is 0.333. The quantitative estimate of drug-likeness (QED) is 0.461. The van der Waals surface area contributed by atoms with Crippen LogP contribution >= 0.6 is 0 Å². The minimum Gasteiger partial charge on any atom is -0.305 e. The summed E-state index contributed by atoms with van der Waals surface area (Å²) in [5.74, 6) is -0.172. The SMILES string of the molecule is [N-]=[N+]=NCCC(=O)N1CC(=O)Cc2ccccc21. The molecule has 0 saturated heterocycles. The highest BCUT2D eigenvalue weighted by atomic mass is 16.2. The van der Waals surface area contributed by atoms with E-state index in [0.29, 0.717) is 6.42 Å². The summed E-state index contributed by atoms with van der Waals surface area (Å²) < 4.78 is 0. The van der Waals surface area contributed by atoms with Crippen molar-refractivity contribution in [1.29, 1.82) is 0 Å². The van der Waals surface area contributed by atoms with E-state index in [1.807, 2.05) is 24.3 Å². The molecule has 0 saturated carbocycles. The highest BCUT2D eigenvalue weighted by Gasteiger charge is 2.25. The molecular weight excluding hydrogens is 232 g/mol. The molecule has 1 amide bonds.